The van der Waals surface area contributed by atoms with Crippen LogP contribution >= 0.6 is 0 Å². The molecule has 0 aliphatic carbocycles. The summed E-state index contributed by atoms with van der Waals surface area (Å²) in [5.41, 5.74) is 3.74. The summed E-state index contributed by atoms with van der Waals surface area (Å²) in [4.78, 5) is 28.4. The lowest BCUT2D eigenvalue weighted by Gasteiger charge is -2.09. The van der Waals surface area contributed by atoms with Gasteiger partial charge >= 0.3 is 5.97 Å². The van der Waals surface area contributed by atoms with E-state index in [9.17, 15) is 9.59 Å². The predicted octanol–water partition coefficient (Wildman–Crippen LogP) is 2.74. The van der Waals surface area contributed by atoms with Gasteiger partial charge in [-0.1, -0.05) is 12.1 Å². The molecule has 0 saturated heterocycles. The van der Waals surface area contributed by atoms with Gasteiger partial charge in [-0.15, -0.1) is 0 Å². The second-order valence-electron chi connectivity index (χ2n) is 6.24. The molecule has 6 nitrogen and oxygen atoms in total. The minimum absolute atomic E-state index is 0.0743. The number of aromatic nitrogens is 2. The normalized spacial score (nSPS) is 10.7. The zero-order valence-corrected chi connectivity index (χ0v) is 15.0. The van der Waals surface area contributed by atoms with Crippen molar-refractivity contribution in [1.82, 2.24) is 9.38 Å². The Bertz CT molecular complexity index is 1000. The number of aryl methyl sites for hydroxylation is 3. The molecule has 0 unspecified atom stereocenters. The van der Waals surface area contributed by atoms with E-state index in [2.05, 4.69) is 4.98 Å². The van der Waals surface area contributed by atoms with Gasteiger partial charge in [-0.05, 0) is 55.7 Å². The van der Waals surface area contributed by atoms with Gasteiger partial charge in [0.15, 0.2) is 6.61 Å². The molecule has 134 valence electrons. The zero-order chi connectivity index (χ0) is 18.7. The van der Waals surface area contributed by atoms with Crippen LogP contribution in [0, 0.1) is 20.8 Å². The first kappa shape index (κ1) is 17.7. The fraction of sp³-hybridized carbons (Fsp3) is 0.250. The van der Waals surface area contributed by atoms with Gasteiger partial charge in [0.05, 0.1) is 5.69 Å². The highest BCUT2D eigenvalue weighted by Gasteiger charge is 2.09. The van der Waals surface area contributed by atoms with E-state index in [0.29, 0.717) is 17.1 Å². The fourth-order valence-corrected chi connectivity index (χ4v) is 2.74. The quantitative estimate of drug-likeness (QED) is 0.661. The fourth-order valence-electron chi connectivity index (χ4n) is 2.74. The number of hydrogen-bond acceptors (Lipinski definition) is 5. The van der Waals surface area contributed by atoms with Crippen LogP contribution in [0.15, 0.2) is 47.4 Å². The molecule has 1 aromatic carbocycles. The number of fused-ring (bicyclic) bond motifs is 1. The number of hydrogen-bond donors (Lipinski definition) is 0. The topological polar surface area (TPSA) is 69.9 Å². The predicted molar refractivity (Wildman–Crippen MR) is 97.4 cm³/mol. The van der Waals surface area contributed by atoms with E-state index in [4.69, 9.17) is 9.47 Å². The number of rotatable bonds is 5. The Balaban J connectivity index is 1.63. The van der Waals surface area contributed by atoms with Crippen LogP contribution in [0.4, 0.5) is 0 Å². The summed E-state index contributed by atoms with van der Waals surface area (Å²) in [7, 11) is 0. The van der Waals surface area contributed by atoms with E-state index in [-0.39, 0.29) is 18.8 Å². The molecule has 0 radical (unpaired) electrons. The van der Waals surface area contributed by atoms with E-state index in [1.807, 2.05) is 45.0 Å². The summed E-state index contributed by atoms with van der Waals surface area (Å²) >= 11 is 0. The van der Waals surface area contributed by atoms with Crippen molar-refractivity contribution in [3.05, 3.63) is 75.3 Å². The number of carbonyl (C=O) groups excluding carboxylic acids is 1. The zero-order valence-electron chi connectivity index (χ0n) is 15.0. The SMILES string of the molecule is Cc1cc(C)cc(OCC(=O)OCc2cc(=O)n3cccc(C)c3n2)c1. The highest BCUT2D eigenvalue weighted by molar-refractivity contribution is 5.71. The molecule has 0 atom stereocenters. The number of carbonyl (C=O) groups is 1. The second kappa shape index (κ2) is 7.39. The molecule has 6 heteroatoms. The molecule has 2 aromatic heterocycles. The number of ether oxygens (including phenoxy) is 2. The molecule has 0 saturated carbocycles. The lowest BCUT2D eigenvalue weighted by Crippen LogP contribution is -2.19. The van der Waals surface area contributed by atoms with Crippen molar-refractivity contribution in [1.29, 1.82) is 0 Å². The molecule has 0 aliphatic rings. The molecule has 0 bridgehead atoms. The molecule has 3 aromatic rings. The molecule has 0 spiro atoms. The van der Waals surface area contributed by atoms with Crippen molar-refractivity contribution >= 4 is 11.6 Å². The minimum atomic E-state index is -0.518. The summed E-state index contributed by atoms with van der Waals surface area (Å²) in [6.07, 6.45) is 1.66. The van der Waals surface area contributed by atoms with Gasteiger partial charge in [0.2, 0.25) is 0 Å². The first-order valence-electron chi connectivity index (χ1n) is 8.27. The van der Waals surface area contributed by atoms with Crippen LogP contribution in [0.2, 0.25) is 0 Å². The molecule has 0 fully saturated rings. The third kappa shape index (κ3) is 4.08. The number of pyridine rings is 1. The standard InChI is InChI=1S/C20H20N2O4/c1-13-7-14(2)9-17(8-13)25-12-19(24)26-11-16-10-18(23)22-6-4-5-15(3)20(22)21-16/h4-10H,11-12H2,1-3H3. The van der Waals surface area contributed by atoms with Gasteiger partial charge in [0, 0.05) is 12.3 Å². The van der Waals surface area contributed by atoms with Crippen molar-refractivity contribution in [2.24, 2.45) is 0 Å². The average molecular weight is 352 g/mol. The molecule has 0 aliphatic heterocycles. The molecule has 0 N–H and O–H groups in total. The summed E-state index contributed by atoms with van der Waals surface area (Å²) in [6, 6.07) is 10.8. The molecule has 26 heavy (non-hydrogen) atoms. The number of nitrogens with zero attached hydrogens (tertiary/aromatic N) is 2. The maximum absolute atomic E-state index is 12.1. The Labute approximate surface area is 151 Å². The van der Waals surface area contributed by atoms with Gasteiger partial charge in [-0.2, -0.15) is 0 Å². The third-order valence-electron chi connectivity index (χ3n) is 3.87. The van der Waals surface area contributed by atoms with Gasteiger partial charge in [-0.25, -0.2) is 9.78 Å². The van der Waals surface area contributed by atoms with Crippen LogP contribution in [0.25, 0.3) is 5.65 Å². The number of esters is 1. The lowest BCUT2D eigenvalue weighted by atomic mass is 10.1. The van der Waals surface area contributed by atoms with Crippen molar-refractivity contribution in [2.45, 2.75) is 27.4 Å². The molecular formula is C20H20N2O4. The van der Waals surface area contributed by atoms with E-state index in [1.165, 1.54) is 10.5 Å². The molecule has 0 amide bonds. The Hall–Kier alpha value is -3.15. The number of benzene rings is 1. The van der Waals surface area contributed by atoms with Crippen LogP contribution in [0.1, 0.15) is 22.4 Å². The first-order chi connectivity index (χ1) is 12.4. The van der Waals surface area contributed by atoms with Crippen LogP contribution in [0.3, 0.4) is 0 Å². The van der Waals surface area contributed by atoms with E-state index >= 15 is 0 Å². The third-order valence-corrected chi connectivity index (χ3v) is 3.87. The molecular weight excluding hydrogens is 332 g/mol. The average Bonchev–Trinajstić information content (AvgIpc) is 2.58. The van der Waals surface area contributed by atoms with Crippen molar-refractivity contribution in [3.8, 4) is 5.75 Å². The maximum atomic E-state index is 12.1. The van der Waals surface area contributed by atoms with Crippen molar-refractivity contribution in [2.75, 3.05) is 6.61 Å². The molecule has 2 heterocycles. The summed E-state index contributed by atoms with van der Waals surface area (Å²) in [5.74, 6) is 0.105. The van der Waals surface area contributed by atoms with Crippen LogP contribution in [-0.4, -0.2) is 22.0 Å². The largest absolute Gasteiger partial charge is 0.482 e. The first-order valence-corrected chi connectivity index (χ1v) is 8.27. The van der Waals surface area contributed by atoms with Crippen LogP contribution in [0.5, 0.6) is 5.75 Å². The molecule has 3 rings (SSSR count). The Kier molecular flexibility index (Phi) is 5.02. The summed E-state index contributed by atoms with van der Waals surface area (Å²) in [5, 5.41) is 0. The van der Waals surface area contributed by atoms with E-state index in [1.54, 1.807) is 12.3 Å². The Morgan fingerprint density at radius 2 is 1.85 bits per heavy atom. The second-order valence-corrected chi connectivity index (χ2v) is 6.24. The van der Waals surface area contributed by atoms with Crippen molar-refractivity contribution in [3.63, 3.8) is 0 Å². The highest BCUT2D eigenvalue weighted by atomic mass is 16.6. The Morgan fingerprint density at radius 3 is 2.58 bits per heavy atom. The van der Waals surface area contributed by atoms with Gasteiger partial charge in [0.25, 0.3) is 5.56 Å². The minimum Gasteiger partial charge on any atom is -0.482 e. The summed E-state index contributed by atoms with van der Waals surface area (Å²) < 4.78 is 12.1. The van der Waals surface area contributed by atoms with Crippen LogP contribution in [-0.2, 0) is 16.1 Å². The Morgan fingerprint density at radius 1 is 1.12 bits per heavy atom. The van der Waals surface area contributed by atoms with E-state index in [0.717, 1.165) is 16.7 Å². The van der Waals surface area contributed by atoms with Gasteiger partial charge in [0.1, 0.15) is 18.0 Å². The monoisotopic (exact) mass is 352 g/mol. The van der Waals surface area contributed by atoms with Gasteiger partial charge in [-0.3, -0.25) is 9.20 Å². The lowest BCUT2D eigenvalue weighted by molar-refractivity contribution is -0.147. The van der Waals surface area contributed by atoms with Crippen molar-refractivity contribution < 1.29 is 14.3 Å². The van der Waals surface area contributed by atoms with Gasteiger partial charge < -0.3 is 9.47 Å². The van der Waals surface area contributed by atoms with E-state index < -0.39 is 5.97 Å². The highest BCUT2D eigenvalue weighted by Crippen LogP contribution is 2.16. The summed E-state index contributed by atoms with van der Waals surface area (Å²) in [6.45, 7) is 5.52. The van der Waals surface area contributed by atoms with Crippen LogP contribution < -0.4 is 10.3 Å². The maximum Gasteiger partial charge on any atom is 0.344 e. The smallest absolute Gasteiger partial charge is 0.344 e.